The highest BCUT2D eigenvalue weighted by Gasteiger charge is 1.98. The van der Waals surface area contributed by atoms with Crippen molar-refractivity contribution in [2.24, 2.45) is 0 Å². The maximum atomic E-state index is 10.6. The largest absolute Gasteiger partial charge is 0.493 e. The quantitative estimate of drug-likeness (QED) is 0.321. The average Bonchev–Trinajstić information content (AvgIpc) is 2.20. The van der Waals surface area contributed by atoms with Crippen LogP contribution in [0.15, 0.2) is 36.9 Å². The van der Waals surface area contributed by atoms with Crippen LogP contribution in [0.4, 0.5) is 0 Å². The van der Waals surface area contributed by atoms with Gasteiger partial charge < -0.3 is 9.47 Å². The fourth-order valence-electron chi connectivity index (χ4n) is 1.03. The Morgan fingerprint density at radius 3 is 2.47 bits per heavy atom. The Morgan fingerprint density at radius 2 is 1.93 bits per heavy atom. The van der Waals surface area contributed by atoms with Gasteiger partial charge in [0.25, 0.3) is 0 Å². The molecule has 80 valence electrons. The van der Waals surface area contributed by atoms with E-state index in [0.29, 0.717) is 12.4 Å². The molecule has 15 heavy (non-hydrogen) atoms. The number of ether oxygens (including phenoxy) is 2. The third kappa shape index (κ3) is 4.31. The summed E-state index contributed by atoms with van der Waals surface area (Å²) in [4.78, 5) is 10.6. The van der Waals surface area contributed by atoms with E-state index in [0.717, 1.165) is 12.2 Å². The second kappa shape index (κ2) is 5.86. The molecule has 0 heterocycles. The number of benzene rings is 1. The zero-order chi connectivity index (χ0) is 11.1. The topological polar surface area (TPSA) is 35.5 Å². The van der Waals surface area contributed by atoms with Gasteiger partial charge in [0.1, 0.15) is 11.5 Å². The first-order chi connectivity index (χ1) is 7.22. The highest BCUT2D eigenvalue weighted by atomic mass is 16.5. The molecule has 0 unspecified atom stereocenters. The predicted molar refractivity (Wildman–Crippen MR) is 58.1 cm³/mol. The number of carbonyl (C=O) groups excluding carboxylic acids is 1. The smallest absolute Gasteiger partial charge is 0.308 e. The summed E-state index contributed by atoms with van der Waals surface area (Å²) in [6.07, 6.45) is 2.61. The Balaban J connectivity index is 2.48. The lowest BCUT2D eigenvalue weighted by Crippen LogP contribution is -2.01. The zero-order valence-electron chi connectivity index (χ0n) is 8.73. The van der Waals surface area contributed by atoms with Crippen molar-refractivity contribution < 1.29 is 14.3 Å². The van der Waals surface area contributed by atoms with Gasteiger partial charge in [0.2, 0.25) is 0 Å². The third-order valence-corrected chi connectivity index (χ3v) is 1.68. The van der Waals surface area contributed by atoms with E-state index in [4.69, 9.17) is 9.47 Å². The minimum Gasteiger partial charge on any atom is -0.493 e. The van der Waals surface area contributed by atoms with Gasteiger partial charge in [-0.25, -0.2) is 0 Å². The van der Waals surface area contributed by atoms with E-state index in [1.165, 1.54) is 6.92 Å². The molecule has 0 aromatic heterocycles. The van der Waals surface area contributed by atoms with Gasteiger partial charge in [-0.3, -0.25) is 4.79 Å². The summed E-state index contributed by atoms with van der Waals surface area (Å²) < 4.78 is 10.3. The van der Waals surface area contributed by atoms with Crippen molar-refractivity contribution in [1.29, 1.82) is 0 Å². The van der Waals surface area contributed by atoms with Crippen LogP contribution in [0.3, 0.4) is 0 Å². The van der Waals surface area contributed by atoms with Crippen molar-refractivity contribution in [3.63, 3.8) is 0 Å². The van der Waals surface area contributed by atoms with Crippen LogP contribution in [0.2, 0.25) is 0 Å². The number of hydrogen-bond acceptors (Lipinski definition) is 3. The molecule has 3 nitrogen and oxygen atoms in total. The molecule has 1 aromatic rings. The van der Waals surface area contributed by atoms with Gasteiger partial charge in [-0.15, -0.1) is 6.58 Å². The molecule has 0 radical (unpaired) electrons. The van der Waals surface area contributed by atoms with Crippen LogP contribution in [-0.4, -0.2) is 12.6 Å². The minimum atomic E-state index is -0.324. The average molecular weight is 206 g/mol. The van der Waals surface area contributed by atoms with Crippen LogP contribution >= 0.6 is 0 Å². The molecule has 1 rings (SSSR count). The summed E-state index contributed by atoms with van der Waals surface area (Å²) in [5, 5.41) is 0. The summed E-state index contributed by atoms with van der Waals surface area (Å²) in [6, 6.07) is 6.93. The molecule has 0 amide bonds. The van der Waals surface area contributed by atoms with Gasteiger partial charge in [0.15, 0.2) is 0 Å². The van der Waals surface area contributed by atoms with E-state index in [1.54, 1.807) is 30.3 Å². The molecule has 0 saturated heterocycles. The van der Waals surface area contributed by atoms with E-state index in [-0.39, 0.29) is 5.97 Å². The summed E-state index contributed by atoms with van der Waals surface area (Å²) in [6.45, 7) is 5.58. The monoisotopic (exact) mass is 206 g/mol. The van der Waals surface area contributed by atoms with Crippen molar-refractivity contribution >= 4 is 5.97 Å². The van der Waals surface area contributed by atoms with E-state index >= 15 is 0 Å². The maximum Gasteiger partial charge on any atom is 0.308 e. The molecule has 0 N–H and O–H groups in total. The van der Waals surface area contributed by atoms with E-state index in [9.17, 15) is 4.79 Å². The van der Waals surface area contributed by atoms with E-state index < -0.39 is 0 Å². The van der Waals surface area contributed by atoms with Gasteiger partial charge >= 0.3 is 5.97 Å². The molecule has 0 fully saturated rings. The third-order valence-electron chi connectivity index (χ3n) is 1.68. The fourth-order valence-corrected chi connectivity index (χ4v) is 1.03. The second-order valence-electron chi connectivity index (χ2n) is 2.99. The molecule has 0 spiro atoms. The van der Waals surface area contributed by atoms with Crippen LogP contribution in [-0.2, 0) is 4.79 Å². The fraction of sp³-hybridized carbons (Fsp3) is 0.250. The summed E-state index contributed by atoms with van der Waals surface area (Å²) in [7, 11) is 0. The molecule has 1 aromatic carbocycles. The number of rotatable bonds is 5. The molecular weight excluding hydrogens is 192 g/mol. The Hall–Kier alpha value is -1.77. The van der Waals surface area contributed by atoms with Crippen molar-refractivity contribution in [2.45, 2.75) is 13.3 Å². The maximum absolute atomic E-state index is 10.6. The van der Waals surface area contributed by atoms with Crippen LogP contribution in [0.1, 0.15) is 13.3 Å². The first kappa shape index (κ1) is 11.3. The summed E-state index contributed by atoms with van der Waals surface area (Å²) in [5.74, 6) is 0.960. The van der Waals surface area contributed by atoms with Gasteiger partial charge in [-0.1, -0.05) is 6.08 Å². The van der Waals surface area contributed by atoms with Gasteiger partial charge in [0.05, 0.1) is 6.61 Å². The molecule has 3 heteroatoms. The van der Waals surface area contributed by atoms with Crippen molar-refractivity contribution in [3.8, 4) is 11.5 Å². The highest BCUT2D eigenvalue weighted by molar-refractivity contribution is 5.69. The normalized spacial score (nSPS) is 9.40. The Labute approximate surface area is 89.3 Å². The number of hydrogen-bond donors (Lipinski definition) is 0. The van der Waals surface area contributed by atoms with Crippen molar-refractivity contribution in [1.82, 2.24) is 0 Å². The lowest BCUT2D eigenvalue weighted by molar-refractivity contribution is -0.131. The molecule has 0 saturated carbocycles. The second-order valence-corrected chi connectivity index (χ2v) is 2.99. The van der Waals surface area contributed by atoms with Crippen LogP contribution < -0.4 is 9.47 Å². The van der Waals surface area contributed by atoms with Crippen LogP contribution in [0, 0.1) is 0 Å². The standard InChI is InChI=1S/C12H14O3/c1-3-4-9-14-11-5-7-12(8-6-11)15-10(2)13/h3,5-8H,1,4,9H2,2H3. The van der Waals surface area contributed by atoms with Gasteiger partial charge in [-0.2, -0.15) is 0 Å². The first-order valence-electron chi connectivity index (χ1n) is 4.74. The van der Waals surface area contributed by atoms with Crippen molar-refractivity contribution in [2.75, 3.05) is 6.61 Å². The first-order valence-corrected chi connectivity index (χ1v) is 4.74. The van der Waals surface area contributed by atoms with Gasteiger partial charge in [-0.05, 0) is 30.7 Å². The van der Waals surface area contributed by atoms with Gasteiger partial charge in [0, 0.05) is 6.92 Å². The minimum absolute atomic E-state index is 0.324. The predicted octanol–water partition coefficient (Wildman–Crippen LogP) is 2.57. The Kier molecular flexibility index (Phi) is 4.41. The molecule has 0 bridgehead atoms. The molecule has 0 aliphatic rings. The SMILES string of the molecule is C=CCCOc1ccc(OC(C)=O)cc1. The molecule has 0 atom stereocenters. The highest BCUT2D eigenvalue weighted by Crippen LogP contribution is 2.17. The Bertz CT molecular complexity index is 327. The Morgan fingerprint density at radius 1 is 1.33 bits per heavy atom. The summed E-state index contributed by atoms with van der Waals surface area (Å²) >= 11 is 0. The van der Waals surface area contributed by atoms with E-state index in [1.807, 2.05) is 0 Å². The lowest BCUT2D eigenvalue weighted by Gasteiger charge is -2.05. The molecule has 0 aliphatic carbocycles. The number of esters is 1. The van der Waals surface area contributed by atoms with Crippen LogP contribution in [0.25, 0.3) is 0 Å². The lowest BCUT2D eigenvalue weighted by atomic mass is 10.3. The molecule has 0 aliphatic heterocycles. The molecular formula is C12H14O3. The zero-order valence-corrected chi connectivity index (χ0v) is 8.73. The number of carbonyl (C=O) groups is 1. The van der Waals surface area contributed by atoms with E-state index in [2.05, 4.69) is 6.58 Å². The van der Waals surface area contributed by atoms with Crippen LogP contribution in [0.5, 0.6) is 11.5 Å². The van der Waals surface area contributed by atoms with Crippen molar-refractivity contribution in [3.05, 3.63) is 36.9 Å². The summed E-state index contributed by atoms with van der Waals surface area (Å²) in [5.41, 5.74) is 0.